The number of carbonyl (C=O) groups excluding carboxylic acids is 2. The number of rotatable bonds is 5. The summed E-state index contributed by atoms with van der Waals surface area (Å²) in [6, 6.07) is 4.19. The van der Waals surface area contributed by atoms with Crippen LogP contribution in [0.1, 0.15) is 36.0 Å². The number of likely N-dealkylation sites (tertiary alicyclic amines) is 1. The average molecular weight is 437 g/mol. The molecule has 7 nitrogen and oxygen atoms in total. The van der Waals surface area contributed by atoms with E-state index >= 15 is 0 Å². The van der Waals surface area contributed by atoms with Gasteiger partial charge in [-0.2, -0.15) is 0 Å². The molecule has 2 atom stereocenters. The van der Waals surface area contributed by atoms with Gasteiger partial charge in [-0.15, -0.1) is 11.3 Å². The van der Waals surface area contributed by atoms with Gasteiger partial charge in [-0.05, 0) is 39.8 Å². The first kappa shape index (κ1) is 22.0. The molecule has 1 aromatic heterocycles. The van der Waals surface area contributed by atoms with E-state index in [1.165, 1.54) is 23.3 Å². The Hall–Kier alpha value is -2.68. The lowest BCUT2D eigenvalue weighted by atomic mass is 10.0. The highest BCUT2D eigenvalue weighted by Gasteiger charge is 2.45. The molecule has 0 radical (unpaired) electrons. The molecule has 0 spiro atoms. The summed E-state index contributed by atoms with van der Waals surface area (Å²) in [7, 11) is 1.30. The number of amides is 1. The largest absolute Gasteiger partial charge is 0.491 e. The maximum atomic E-state index is 14.2. The fourth-order valence-electron chi connectivity index (χ4n) is 3.02. The zero-order valence-corrected chi connectivity index (χ0v) is 18.4. The Balaban J connectivity index is 1.83. The Kier molecular flexibility index (Phi) is 6.30. The molecule has 30 heavy (non-hydrogen) atoms. The number of carbonyl (C=O) groups is 2. The summed E-state index contributed by atoms with van der Waals surface area (Å²) in [5.74, 6) is -0.152. The molecule has 1 aliphatic rings. The summed E-state index contributed by atoms with van der Waals surface area (Å²) in [6.07, 6.45) is -0.0954. The number of thiazole rings is 1. The molecule has 1 aromatic carbocycles. The number of alkyl halides is 1. The number of nitrogens with zero attached hydrogens (tertiary/aromatic N) is 2. The van der Waals surface area contributed by atoms with E-state index < -0.39 is 29.9 Å². The van der Waals surface area contributed by atoms with Crippen LogP contribution in [0, 0.1) is 6.92 Å². The quantitative estimate of drug-likeness (QED) is 0.653. The maximum Gasteiger partial charge on any atom is 0.410 e. The minimum atomic E-state index is -1.22. The van der Waals surface area contributed by atoms with Crippen LogP contribution in [0.5, 0.6) is 5.75 Å². The van der Waals surface area contributed by atoms with Gasteiger partial charge in [0.1, 0.15) is 35.2 Å². The predicted molar refractivity (Wildman–Crippen MR) is 111 cm³/mol. The topological polar surface area (TPSA) is 78.0 Å². The van der Waals surface area contributed by atoms with Crippen molar-refractivity contribution in [2.75, 3.05) is 20.3 Å². The Bertz CT molecular complexity index is 940. The number of aromatic nitrogens is 1. The highest BCUT2D eigenvalue weighted by atomic mass is 32.1. The fraction of sp³-hybridized carbons (Fsp3) is 0.476. The zero-order valence-electron chi connectivity index (χ0n) is 17.6. The second-order valence-electron chi connectivity index (χ2n) is 7.97. The summed E-state index contributed by atoms with van der Waals surface area (Å²) in [6.45, 7) is 7.05. The molecule has 162 valence electrons. The maximum absolute atomic E-state index is 14.2. The Morgan fingerprint density at radius 3 is 2.63 bits per heavy atom. The van der Waals surface area contributed by atoms with Crippen LogP contribution >= 0.6 is 11.3 Å². The molecule has 3 rings (SSSR count). The van der Waals surface area contributed by atoms with Crippen LogP contribution in [-0.4, -0.2) is 60.0 Å². The number of ether oxygens (including phenoxy) is 3. The number of halogens is 1. The standard InChI is InChI=1S/C21H25FN2O5S/c1-12-9-23-18(30-12)17-13(19(25)27-5)7-6-8-16(17)28-11-15-14(22)10-24(15)20(26)29-21(2,3)4/h6-9,14-15H,10-11H2,1-5H3. The number of aryl methyl sites for hydroxylation is 1. The van der Waals surface area contributed by atoms with Crippen LogP contribution < -0.4 is 4.74 Å². The van der Waals surface area contributed by atoms with Crippen LogP contribution in [0.3, 0.4) is 0 Å². The molecule has 2 unspecified atom stereocenters. The van der Waals surface area contributed by atoms with Crippen LogP contribution in [0.2, 0.25) is 0 Å². The van der Waals surface area contributed by atoms with Crippen molar-refractivity contribution >= 4 is 23.4 Å². The normalized spacial score (nSPS) is 18.5. The monoisotopic (exact) mass is 436 g/mol. The van der Waals surface area contributed by atoms with E-state index in [0.717, 1.165) is 4.88 Å². The highest BCUT2D eigenvalue weighted by Crippen LogP contribution is 2.37. The molecule has 1 amide bonds. The minimum Gasteiger partial charge on any atom is -0.491 e. The van der Waals surface area contributed by atoms with E-state index in [-0.39, 0.29) is 13.2 Å². The number of methoxy groups -OCH3 is 1. The van der Waals surface area contributed by atoms with E-state index in [0.29, 0.717) is 21.9 Å². The van der Waals surface area contributed by atoms with Gasteiger partial charge >= 0.3 is 12.1 Å². The first-order chi connectivity index (χ1) is 14.1. The first-order valence-corrected chi connectivity index (χ1v) is 10.3. The molecule has 0 saturated carbocycles. The molecular formula is C21H25FN2O5S. The minimum absolute atomic E-state index is 0.0380. The van der Waals surface area contributed by atoms with Crippen molar-refractivity contribution in [2.45, 2.75) is 45.5 Å². The van der Waals surface area contributed by atoms with Gasteiger partial charge in [0, 0.05) is 11.1 Å². The van der Waals surface area contributed by atoms with Crippen LogP contribution in [-0.2, 0) is 9.47 Å². The molecule has 2 heterocycles. The molecule has 0 bridgehead atoms. The molecular weight excluding hydrogens is 411 g/mol. The summed E-state index contributed by atoms with van der Waals surface area (Å²) >= 11 is 1.41. The molecule has 1 aliphatic heterocycles. The fourth-order valence-corrected chi connectivity index (χ4v) is 3.85. The lowest BCUT2D eigenvalue weighted by Crippen LogP contribution is -2.63. The third-order valence-electron chi connectivity index (χ3n) is 4.49. The summed E-state index contributed by atoms with van der Waals surface area (Å²) in [5, 5.41) is 0.595. The molecule has 1 saturated heterocycles. The van der Waals surface area contributed by atoms with E-state index in [4.69, 9.17) is 14.2 Å². The van der Waals surface area contributed by atoms with Crippen molar-refractivity contribution in [3.8, 4) is 16.3 Å². The van der Waals surface area contributed by atoms with Crippen molar-refractivity contribution in [2.24, 2.45) is 0 Å². The van der Waals surface area contributed by atoms with Crippen LogP contribution in [0.4, 0.5) is 9.18 Å². The lowest BCUT2D eigenvalue weighted by molar-refractivity contribution is -0.0523. The summed E-state index contributed by atoms with van der Waals surface area (Å²) in [4.78, 5) is 31.2. The summed E-state index contributed by atoms with van der Waals surface area (Å²) < 4.78 is 30.3. The average Bonchev–Trinajstić information content (AvgIpc) is 3.09. The van der Waals surface area contributed by atoms with Crippen LogP contribution in [0.25, 0.3) is 10.6 Å². The first-order valence-electron chi connectivity index (χ1n) is 9.51. The van der Waals surface area contributed by atoms with E-state index in [9.17, 15) is 14.0 Å². The Labute approximate surface area is 178 Å². The second kappa shape index (κ2) is 8.59. The smallest absolute Gasteiger partial charge is 0.410 e. The Morgan fingerprint density at radius 2 is 2.07 bits per heavy atom. The van der Waals surface area contributed by atoms with Gasteiger partial charge in [-0.25, -0.2) is 19.0 Å². The number of esters is 1. The molecule has 2 aromatic rings. The second-order valence-corrected chi connectivity index (χ2v) is 9.21. The van der Waals surface area contributed by atoms with Gasteiger partial charge < -0.3 is 14.2 Å². The van der Waals surface area contributed by atoms with E-state index in [1.54, 1.807) is 45.2 Å². The molecule has 1 fully saturated rings. The van der Waals surface area contributed by atoms with Crippen LogP contribution in [0.15, 0.2) is 24.4 Å². The predicted octanol–water partition coefficient (Wildman–Crippen LogP) is 4.24. The third-order valence-corrected chi connectivity index (χ3v) is 5.42. The van der Waals surface area contributed by atoms with Gasteiger partial charge in [0.15, 0.2) is 0 Å². The van der Waals surface area contributed by atoms with Gasteiger partial charge in [0.2, 0.25) is 0 Å². The van der Waals surface area contributed by atoms with Crippen molar-refractivity contribution < 1.29 is 28.2 Å². The van der Waals surface area contributed by atoms with E-state index in [2.05, 4.69) is 4.98 Å². The zero-order chi connectivity index (χ0) is 22.1. The van der Waals surface area contributed by atoms with Gasteiger partial charge in [-0.3, -0.25) is 4.90 Å². The van der Waals surface area contributed by atoms with E-state index in [1.807, 2.05) is 6.92 Å². The third kappa shape index (κ3) is 4.72. The van der Waals surface area contributed by atoms with Crippen molar-refractivity contribution in [1.82, 2.24) is 9.88 Å². The van der Waals surface area contributed by atoms with Gasteiger partial charge in [-0.1, -0.05) is 6.07 Å². The Morgan fingerprint density at radius 1 is 1.33 bits per heavy atom. The van der Waals surface area contributed by atoms with Crippen molar-refractivity contribution in [3.05, 3.63) is 34.8 Å². The highest BCUT2D eigenvalue weighted by molar-refractivity contribution is 7.15. The number of benzene rings is 1. The van der Waals surface area contributed by atoms with Gasteiger partial charge in [0.25, 0.3) is 0 Å². The van der Waals surface area contributed by atoms with Crippen molar-refractivity contribution in [3.63, 3.8) is 0 Å². The van der Waals surface area contributed by atoms with Crippen molar-refractivity contribution in [1.29, 1.82) is 0 Å². The molecule has 0 N–H and O–H groups in total. The SMILES string of the molecule is COC(=O)c1cccc(OCC2C(F)CN2C(=O)OC(C)(C)C)c1-c1ncc(C)s1. The number of hydrogen-bond acceptors (Lipinski definition) is 7. The summed E-state index contributed by atoms with van der Waals surface area (Å²) in [5.41, 5.74) is 0.119. The van der Waals surface area contributed by atoms with Gasteiger partial charge in [0.05, 0.1) is 24.8 Å². The lowest BCUT2D eigenvalue weighted by Gasteiger charge is -2.43. The molecule has 9 heteroatoms. The molecule has 0 aliphatic carbocycles. The number of hydrogen-bond donors (Lipinski definition) is 0.